The molecule has 0 aromatic heterocycles. The number of hydrogen-bond acceptors (Lipinski definition) is 3. The third-order valence-corrected chi connectivity index (χ3v) is 5.19. The Kier molecular flexibility index (Phi) is 15.7. The summed E-state index contributed by atoms with van der Waals surface area (Å²) >= 11 is 0. The zero-order valence-electron chi connectivity index (χ0n) is 20.2. The molecule has 0 saturated heterocycles. The molecule has 7 heteroatoms. The summed E-state index contributed by atoms with van der Waals surface area (Å²) in [6.45, 7) is 0.691. The highest BCUT2D eigenvalue weighted by molar-refractivity contribution is 5.69. The second-order valence-electron chi connectivity index (χ2n) is 8.00. The quantitative estimate of drug-likeness (QED) is 0.0738. The minimum atomic E-state index is -1.58. The second kappa shape index (κ2) is 18.0. The molecule has 0 atom stereocenters. The molecule has 0 heterocycles. The summed E-state index contributed by atoms with van der Waals surface area (Å²) in [7, 11) is 1.15. The van der Waals surface area contributed by atoms with Crippen molar-refractivity contribution in [3.8, 4) is 0 Å². The lowest BCUT2D eigenvalue weighted by Gasteiger charge is -2.12. The lowest BCUT2D eigenvalue weighted by atomic mass is 10.1. The number of benzene rings is 1. The van der Waals surface area contributed by atoms with Crippen molar-refractivity contribution in [1.82, 2.24) is 0 Å². The van der Waals surface area contributed by atoms with E-state index in [1.807, 2.05) is 18.2 Å². The topological polar surface area (TPSA) is 35.5 Å². The van der Waals surface area contributed by atoms with E-state index in [9.17, 15) is 22.4 Å². The van der Waals surface area contributed by atoms with Crippen molar-refractivity contribution in [3.05, 3.63) is 70.9 Å². The third kappa shape index (κ3) is 11.1. The monoisotopic (exact) mass is 484 g/mol. The molecular weight excluding hydrogens is 448 g/mol. The fourth-order valence-corrected chi connectivity index (χ4v) is 3.21. The molecule has 0 fully saturated rings. The van der Waals surface area contributed by atoms with Gasteiger partial charge in [0.05, 0.1) is 17.7 Å². The Bertz CT molecular complexity index is 803. The van der Waals surface area contributed by atoms with Crippen molar-refractivity contribution < 1.29 is 31.8 Å². The van der Waals surface area contributed by atoms with Crippen LogP contribution in [-0.4, -0.2) is 13.1 Å². The van der Waals surface area contributed by atoms with Gasteiger partial charge >= 0.3 is 5.97 Å². The van der Waals surface area contributed by atoms with Gasteiger partial charge in [0.1, 0.15) is 6.61 Å². The number of methoxy groups -OCH3 is 1. The first-order chi connectivity index (χ1) is 16.4. The van der Waals surface area contributed by atoms with Gasteiger partial charge in [0.15, 0.2) is 23.3 Å². The molecule has 0 aliphatic rings. The molecule has 190 valence electrons. The number of hydrogen-bond donors (Lipinski definition) is 0. The number of carbonyl (C=O) groups excluding carboxylic acids is 1. The fourth-order valence-electron chi connectivity index (χ4n) is 3.21. The molecule has 1 aromatic rings. The lowest BCUT2D eigenvalue weighted by molar-refractivity contribution is -0.145. The minimum Gasteiger partial charge on any atom is -0.461 e. The van der Waals surface area contributed by atoms with E-state index >= 15 is 0 Å². The van der Waals surface area contributed by atoms with Crippen molar-refractivity contribution >= 4 is 5.97 Å². The predicted octanol–water partition coefficient (Wildman–Crippen LogP) is 8.02. The third-order valence-electron chi connectivity index (χ3n) is 5.19. The van der Waals surface area contributed by atoms with E-state index in [1.165, 1.54) is 12.8 Å². The highest BCUT2D eigenvalue weighted by Gasteiger charge is 2.25. The maximum Gasteiger partial charge on any atom is 0.306 e. The first kappa shape index (κ1) is 29.6. The molecule has 0 radical (unpaired) electrons. The van der Waals surface area contributed by atoms with E-state index in [4.69, 9.17) is 4.74 Å². The van der Waals surface area contributed by atoms with Crippen LogP contribution in [0.5, 0.6) is 0 Å². The van der Waals surface area contributed by atoms with Gasteiger partial charge in [-0.2, -0.15) is 0 Å². The molecule has 34 heavy (non-hydrogen) atoms. The van der Waals surface area contributed by atoms with E-state index in [0.717, 1.165) is 45.6 Å². The number of halogens is 4. The summed E-state index contributed by atoms with van der Waals surface area (Å²) in [6.07, 6.45) is 21.5. The van der Waals surface area contributed by atoms with Gasteiger partial charge in [-0.3, -0.25) is 4.79 Å². The maximum absolute atomic E-state index is 14.0. The van der Waals surface area contributed by atoms with Gasteiger partial charge in [0.2, 0.25) is 0 Å². The van der Waals surface area contributed by atoms with Crippen LogP contribution in [0.4, 0.5) is 17.6 Å². The number of carbonyl (C=O) groups is 1. The van der Waals surface area contributed by atoms with Gasteiger partial charge in [-0.15, -0.1) is 0 Å². The van der Waals surface area contributed by atoms with Crippen molar-refractivity contribution in [2.24, 2.45) is 0 Å². The largest absolute Gasteiger partial charge is 0.461 e. The lowest BCUT2D eigenvalue weighted by Crippen LogP contribution is -2.12. The van der Waals surface area contributed by atoms with E-state index in [1.54, 1.807) is 0 Å². The number of unbranched alkanes of at least 4 members (excludes halogenated alkanes) is 7. The minimum absolute atomic E-state index is 0.0758. The summed E-state index contributed by atoms with van der Waals surface area (Å²) < 4.78 is 65.3. The van der Waals surface area contributed by atoms with Crippen LogP contribution >= 0.6 is 0 Å². The molecule has 1 rings (SSSR count). The fraction of sp³-hybridized carbons (Fsp3) is 0.519. The molecule has 0 saturated carbocycles. The van der Waals surface area contributed by atoms with E-state index < -0.39 is 53.6 Å². The van der Waals surface area contributed by atoms with Gasteiger partial charge in [-0.1, -0.05) is 75.5 Å². The first-order valence-electron chi connectivity index (χ1n) is 11.9. The van der Waals surface area contributed by atoms with Crippen LogP contribution in [0, 0.1) is 23.3 Å². The van der Waals surface area contributed by atoms with E-state index in [-0.39, 0.29) is 6.42 Å². The van der Waals surface area contributed by atoms with E-state index in [2.05, 4.69) is 29.9 Å². The van der Waals surface area contributed by atoms with Gasteiger partial charge in [0.25, 0.3) is 0 Å². The molecular formula is C27H36F4O3. The van der Waals surface area contributed by atoms with Crippen LogP contribution in [0.2, 0.25) is 0 Å². The Morgan fingerprint density at radius 1 is 0.706 bits per heavy atom. The van der Waals surface area contributed by atoms with Gasteiger partial charge in [-0.25, -0.2) is 17.6 Å². The van der Waals surface area contributed by atoms with Crippen LogP contribution in [0.3, 0.4) is 0 Å². The molecule has 0 aliphatic carbocycles. The molecule has 3 nitrogen and oxygen atoms in total. The Balaban J connectivity index is 2.21. The van der Waals surface area contributed by atoms with Gasteiger partial charge in [-0.05, 0) is 25.7 Å². The van der Waals surface area contributed by atoms with Crippen LogP contribution in [0.15, 0.2) is 36.5 Å². The maximum atomic E-state index is 14.0. The number of rotatable bonds is 17. The Morgan fingerprint density at radius 3 is 1.76 bits per heavy atom. The summed E-state index contributed by atoms with van der Waals surface area (Å²) in [4.78, 5) is 11.8. The van der Waals surface area contributed by atoms with Gasteiger partial charge < -0.3 is 9.47 Å². The second-order valence-corrected chi connectivity index (χ2v) is 8.00. The highest BCUT2D eigenvalue weighted by atomic mass is 19.2. The van der Waals surface area contributed by atoms with Crippen molar-refractivity contribution in [2.45, 2.75) is 84.3 Å². The van der Waals surface area contributed by atoms with Crippen LogP contribution in [-0.2, 0) is 27.5 Å². The normalized spacial score (nSPS) is 11.9. The van der Waals surface area contributed by atoms with Gasteiger partial charge in [0, 0.05) is 13.5 Å². The molecule has 0 aliphatic heterocycles. The molecule has 0 amide bonds. The van der Waals surface area contributed by atoms with Crippen LogP contribution in [0.25, 0.3) is 0 Å². The summed E-state index contributed by atoms with van der Waals surface area (Å²) in [5, 5.41) is 0. The van der Waals surface area contributed by atoms with Crippen LogP contribution < -0.4 is 0 Å². The molecule has 0 bridgehead atoms. The van der Waals surface area contributed by atoms with Crippen molar-refractivity contribution in [3.63, 3.8) is 0 Å². The smallest absolute Gasteiger partial charge is 0.306 e. The zero-order chi connectivity index (χ0) is 25.2. The summed E-state index contributed by atoms with van der Waals surface area (Å²) in [5.41, 5.74) is -1.78. The Morgan fingerprint density at radius 2 is 1.21 bits per heavy atom. The standard InChI is InChI=1S/C27H36F4O3/c1-3-4-5-6-7-8-9-10-11-12-13-14-15-16-17-18-23(32)34-20-22-26(30)24(28)21(19-33-2)25(29)27(22)31/h6-11H,3-5,12-20H2,1-2H3/b7-6+,9-8+,11-10-. The summed E-state index contributed by atoms with van der Waals surface area (Å²) in [6, 6.07) is 0. The number of esters is 1. The zero-order valence-corrected chi connectivity index (χ0v) is 20.2. The number of ether oxygens (including phenoxy) is 2. The Labute approximate surface area is 200 Å². The molecule has 0 unspecified atom stereocenters. The molecule has 0 N–H and O–H groups in total. The average molecular weight is 485 g/mol. The number of allylic oxidation sites excluding steroid dienone is 6. The van der Waals surface area contributed by atoms with E-state index in [0.29, 0.717) is 6.42 Å². The predicted molar refractivity (Wildman–Crippen MR) is 126 cm³/mol. The van der Waals surface area contributed by atoms with Crippen LogP contribution in [0.1, 0.15) is 82.3 Å². The SMILES string of the molecule is CCCC/C=C/C=C/C=C\CCCCCCCC(=O)OCc1c(F)c(F)c(COC)c(F)c1F. The Hall–Kier alpha value is -2.41. The van der Waals surface area contributed by atoms with Crippen molar-refractivity contribution in [2.75, 3.05) is 7.11 Å². The highest BCUT2D eigenvalue weighted by Crippen LogP contribution is 2.25. The molecule has 0 spiro atoms. The summed E-state index contributed by atoms with van der Waals surface area (Å²) in [5.74, 6) is -6.91. The average Bonchev–Trinajstić information content (AvgIpc) is 2.83. The first-order valence-corrected chi connectivity index (χ1v) is 11.9. The van der Waals surface area contributed by atoms with Crippen molar-refractivity contribution in [1.29, 1.82) is 0 Å². The molecule has 1 aromatic carbocycles.